The lowest BCUT2D eigenvalue weighted by Gasteiger charge is -2.40. The van der Waals surface area contributed by atoms with Gasteiger partial charge in [0.25, 0.3) is 0 Å². The number of likely N-dealkylation sites (tertiary alicyclic amines) is 1. The predicted octanol–water partition coefficient (Wildman–Crippen LogP) is 4.26. The topological polar surface area (TPSA) is 52.2 Å². The Morgan fingerprint density at radius 2 is 1.80 bits per heavy atom. The highest BCUT2D eigenvalue weighted by Gasteiger charge is 2.35. The van der Waals surface area contributed by atoms with Gasteiger partial charge in [-0.15, -0.1) is 0 Å². The Bertz CT molecular complexity index is 833. The van der Waals surface area contributed by atoms with Gasteiger partial charge in [-0.3, -0.25) is 4.90 Å². The van der Waals surface area contributed by atoms with Crippen LogP contribution in [0.25, 0.3) is 11.0 Å². The summed E-state index contributed by atoms with van der Waals surface area (Å²) in [6, 6.07) is 15.8. The summed E-state index contributed by atoms with van der Waals surface area (Å²) in [5.74, 6) is 0.984. The molecule has 0 spiro atoms. The summed E-state index contributed by atoms with van der Waals surface area (Å²) in [7, 11) is 0. The molecule has 25 heavy (non-hydrogen) atoms. The molecule has 130 valence electrons. The second-order valence-electron chi connectivity index (χ2n) is 6.89. The minimum absolute atomic E-state index is 0.196. The number of H-pyrrole nitrogens is 1. The van der Waals surface area contributed by atoms with Crippen molar-refractivity contribution in [3.8, 4) is 0 Å². The summed E-state index contributed by atoms with van der Waals surface area (Å²) in [6.07, 6.45) is 1.42. The molecule has 5 heteroatoms. The van der Waals surface area contributed by atoms with E-state index in [1.165, 1.54) is 0 Å². The van der Waals surface area contributed by atoms with Crippen LogP contribution < -0.4 is 0 Å². The van der Waals surface area contributed by atoms with Crippen molar-refractivity contribution in [1.82, 2.24) is 14.9 Å². The number of aromatic amines is 1. The summed E-state index contributed by atoms with van der Waals surface area (Å²) in [6.45, 7) is 3.83. The zero-order valence-corrected chi connectivity index (χ0v) is 15.0. The van der Waals surface area contributed by atoms with Gasteiger partial charge in [0.2, 0.25) is 0 Å². The van der Waals surface area contributed by atoms with Crippen LogP contribution in [0.5, 0.6) is 0 Å². The standard InChI is InChI=1S/C20H22ClN3O/c1-14(19-22-17-4-2-3-5-18(17)23-19)24-12-10-20(25,11-13-24)15-6-8-16(21)9-7-15/h2-9,14,25H,10-13H2,1H3,(H,22,23). The van der Waals surface area contributed by atoms with Crippen LogP contribution in [0.2, 0.25) is 5.02 Å². The Kier molecular flexibility index (Phi) is 4.28. The van der Waals surface area contributed by atoms with Crippen LogP contribution in [0.1, 0.15) is 37.2 Å². The Hall–Kier alpha value is -1.88. The largest absolute Gasteiger partial charge is 0.385 e. The summed E-state index contributed by atoms with van der Waals surface area (Å²) < 4.78 is 0. The van der Waals surface area contributed by atoms with Gasteiger partial charge >= 0.3 is 0 Å². The third kappa shape index (κ3) is 3.17. The van der Waals surface area contributed by atoms with Crippen molar-refractivity contribution in [3.63, 3.8) is 0 Å². The highest BCUT2D eigenvalue weighted by Crippen LogP contribution is 2.36. The van der Waals surface area contributed by atoms with E-state index in [-0.39, 0.29) is 6.04 Å². The van der Waals surface area contributed by atoms with Crippen LogP contribution in [-0.4, -0.2) is 33.1 Å². The van der Waals surface area contributed by atoms with Gasteiger partial charge in [-0.05, 0) is 49.6 Å². The fraction of sp³-hybridized carbons (Fsp3) is 0.350. The molecular formula is C20H22ClN3O. The van der Waals surface area contributed by atoms with Crippen molar-refractivity contribution in [2.75, 3.05) is 13.1 Å². The van der Waals surface area contributed by atoms with E-state index >= 15 is 0 Å². The first-order chi connectivity index (χ1) is 12.0. The molecule has 0 saturated carbocycles. The average Bonchev–Trinajstić information content (AvgIpc) is 3.06. The molecule has 0 amide bonds. The van der Waals surface area contributed by atoms with Gasteiger partial charge in [0.05, 0.1) is 22.7 Å². The molecule has 4 rings (SSSR count). The van der Waals surface area contributed by atoms with Crippen LogP contribution in [0.15, 0.2) is 48.5 Å². The van der Waals surface area contributed by atoms with Gasteiger partial charge in [-0.25, -0.2) is 4.98 Å². The molecule has 0 bridgehead atoms. The molecule has 1 fully saturated rings. The number of imidazole rings is 1. The van der Waals surface area contributed by atoms with Crippen molar-refractivity contribution >= 4 is 22.6 Å². The number of aromatic nitrogens is 2. The van der Waals surface area contributed by atoms with Gasteiger partial charge in [0.1, 0.15) is 5.82 Å². The molecular weight excluding hydrogens is 334 g/mol. The minimum Gasteiger partial charge on any atom is -0.385 e. The van der Waals surface area contributed by atoms with Crippen molar-refractivity contribution < 1.29 is 5.11 Å². The maximum Gasteiger partial charge on any atom is 0.124 e. The third-order valence-corrected chi connectivity index (χ3v) is 5.61. The summed E-state index contributed by atoms with van der Waals surface area (Å²) >= 11 is 5.96. The highest BCUT2D eigenvalue weighted by atomic mass is 35.5. The Labute approximate surface area is 152 Å². The smallest absolute Gasteiger partial charge is 0.124 e. The van der Waals surface area contributed by atoms with Crippen molar-refractivity contribution in [2.45, 2.75) is 31.4 Å². The van der Waals surface area contributed by atoms with E-state index in [1.807, 2.05) is 48.5 Å². The maximum absolute atomic E-state index is 11.0. The molecule has 2 heterocycles. The van der Waals surface area contributed by atoms with E-state index in [4.69, 9.17) is 16.6 Å². The lowest BCUT2D eigenvalue weighted by Crippen LogP contribution is -2.43. The molecule has 1 aliphatic heterocycles. The predicted molar refractivity (Wildman–Crippen MR) is 101 cm³/mol. The number of fused-ring (bicyclic) bond motifs is 1. The fourth-order valence-corrected chi connectivity index (χ4v) is 3.80. The number of piperidine rings is 1. The van der Waals surface area contributed by atoms with Crippen LogP contribution in [0.3, 0.4) is 0 Å². The molecule has 2 aromatic carbocycles. The number of nitrogens with one attached hydrogen (secondary N) is 1. The van der Waals surface area contributed by atoms with Crippen LogP contribution >= 0.6 is 11.6 Å². The van der Waals surface area contributed by atoms with Gasteiger partial charge in [0, 0.05) is 18.1 Å². The van der Waals surface area contributed by atoms with Crippen molar-refractivity contribution in [3.05, 3.63) is 64.9 Å². The van der Waals surface area contributed by atoms with Gasteiger partial charge in [-0.2, -0.15) is 0 Å². The molecule has 0 aliphatic carbocycles. The van der Waals surface area contributed by atoms with Crippen molar-refractivity contribution in [1.29, 1.82) is 0 Å². The lowest BCUT2D eigenvalue weighted by molar-refractivity contribution is -0.0350. The first-order valence-corrected chi connectivity index (χ1v) is 9.10. The first kappa shape index (κ1) is 16.6. The van der Waals surface area contributed by atoms with Gasteiger partial charge < -0.3 is 10.1 Å². The van der Waals surface area contributed by atoms with E-state index in [0.717, 1.165) is 35.5 Å². The molecule has 1 aliphatic rings. The molecule has 1 unspecified atom stereocenters. The average molecular weight is 356 g/mol. The van der Waals surface area contributed by atoms with Crippen LogP contribution in [0, 0.1) is 0 Å². The zero-order chi connectivity index (χ0) is 17.4. The molecule has 1 saturated heterocycles. The van der Waals surface area contributed by atoms with E-state index in [1.54, 1.807) is 0 Å². The summed E-state index contributed by atoms with van der Waals surface area (Å²) in [5, 5.41) is 11.7. The zero-order valence-electron chi connectivity index (χ0n) is 14.2. The fourth-order valence-electron chi connectivity index (χ4n) is 3.67. The number of hydrogen-bond acceptors (Lipinski definition) is 3. The Morgan fingerprint density at radius 1 is 1.12 bits per heavy atom. The molecule has 1 aromatic heterocycles. The number of benzene rings is 2. The lowest BCUT2D eigenvalue weighted by atomic mass is 9.84. The first-order valence-electron chi connectivity index (χ1n) is 8.72. The van der Waals surface area contributed by atoms with E-state index in [9.17, 15) is 5.11 Å². The normalized spacial score (nSPS) is 19.2. The Morgan fingerprint density at radius 3 is 2.48 bits per heavy atom. The van der Waals surface area contributed by atoms with E-state index in [0.29, 0.717) is 17.9 Å². The van der Waals surface area contributed by atoms with Crippen LogP contribution in [-0.2, 0) is 5.60 Å². The van der Waals surface area contributed by atoms with Gasteiger partial charge in [0.15, 0.2) is 0 Å². The monoisotopic (exact) mass is 355 g/mol. The summed E-state index contributed by atoms with van der Waals surface area (Å²) in [4.78, 5) is 10.5. The molecule has 4 nitrogen and oxygen atoms in total. The number of rotatable bonds is 3. The highest BCUT2D eigenvalue weighted by molar-refractivity contribution is 6.30. The summed E-state index contributed by atoms with van der Waals surface area (Å²) in [5.41, 5.74) is 2.25. The third-order valence-electron chi connectivity index (χ3n) is 5.36. The maximum atomic E-state index is 11.0. The number of hydrogen-bond donors (Lipinski definition) is 2. The van der Waals surface area contributed by atoms with Crippen LogP contribution in [0.4, 0.5) is 0 Å². The number of halogens is 1. The molecule has 1 atom stereocenters. The number of aliphatic hydroxyl groups is 1. The van der Waals surface area contributed by atoms with E-state index < -0.39 is 5.60 Å². The van der Waals surface area contributed by atoms with E-state index in [2.05, 4.69) is 16.8 Å². The molecule has 2 N–H and O–H groups in total. The number of nitrogens with zero attached hydrogens (tertiary/aromatic N) is 2. The SMILES string of the molecule is CC(c1nc2ccccc2[nH]1)N1CCC(O)(c2ccc(Cl)cc2)CC1. The quantitative estimate of drug-likeness (QED) is 0.738. The molecule has 0 radical (unpaired) electrons. The number of para-hydroxylation sites is 2. The Balaban J connectivity index is 1.48. The minimum atomic E-state index is -0.769. The second-order valence-corrected chi connectivity index (χ2v) is 7.33. The second kappa shape index (κ2) is 6.45. The molecule has 3 aromatic rings. The van der Waals surface area contributed by atoms with Gasteiger partial charge in [-0.1, -0.05) is 35.9 Å². The van der Waals surface area contributed by atoms with Crippen molar-refractivity contribution in [2.24, 2.45) is 0 Å².